The maximum atomic E-state index is 12.8. The van der Waals surface area contributed by atoms with Gasteiger partial charge in [-0.3, -0.25) is 14.8 Å². The molecule has 0 unspecified atom stereocenters. The van der Waals surface area contributed by atoms with Crippen LogP contribution in [0.1, 0.15) is 41.3 Å². The molecule has 1 aromatic carbocycles. The summed E-state index contributed by atoms with van der Waals surface area (Å²) < 4.78 is 5.48. The standard InChI is InChI=1S/C25H27N3O2/c1-30-24-12-3-2-8-20(24)16-22-10-4-11-23(27-22)21-9-6-14-28(18-21)25(29)15-19-7-5-13-26-17-19/h2-5,7-8,10-13,17,21H,6,9,14-16,18H2,1H3/t21-/m1/s1. The Morgan fingerprint density at radius 1 is 1.13 bits per heavy atom. The smallest absolute Gasteiger partial charge is 0.227 e. The van der Waals surface area contributed by atoms with Gasteiger partial charge in [0.2, 0.25) is 5.91 Å². The van der Waals surface area contributed by atoms with Crippen molar-refractivity contribution in [3.8, 4) is 5.75 Å². The van der Waals surface area contributed by atoms with Crippen LogP contribution in [-0.2, 0) is 17.6 Å². The summed E-state index contributed by atoms with van der Waals surface area (Å²) in [6.07, 6.45) is 6.69. The Bertz CT molecular complexity index is 990. The normalized spacial score (nSPS) is 16.3. The fourth-order valence-electron chi connectivity index (χ4n) is 4.10. The van der Waals surface area contributed by atoms with Crippen LogP contribution in [0, 0.1) is 0 Å². The molecular weight excluding hydrogens is 374 g/mol. The van der Waals surface area contributed by atoms with Gasteiger partial charge in [0, 0.05) is 54.8 Å². The van der Waals surface area contributed by atoms with E-state index in [-0.39, 0.29) is 11.8 Å². The molecule has 1 fully saturated rings. The molecule has 1 amide bonds. The van der Waals surface area contributed by atoms with Gasteiger partial charge < -0.3 is 9.64 Å². The summed E-state index contributed by atoms with van der Waals surface area (Å²) in [7, 11) is 1.70. The molecule has 0 spiro atoms. The molecule has 1 aliphatic rings. The van der Waals surface area contributed by atoms with Gasteiger partial charge >= 0.3 is 0 Å². The van der Waals surface area contributed by atoms with Gasteiger partial charge in [0.15, 0.2) is 0 Å². The minimum Gasteiger partial charge on any atom is -0.496 e. The van der Waals surface area contributed by atoms with E-state index in [2.05, 4.69) is 29.2 Å². The SMILES string of the molecule is COc1ccccc1Cc1cccc([C@@H]2CCCN(C(=O)Cc3cccnc3)C2)n1. The third-order valence-electron chi connectivity index (χ3n) is 5.66. The summed E-state index contributed by atoms with van der Waals surface area (Å²) in [6, 6.07) is 18.1. The lowest BCUT2D eigenvalue weighted by Gasteiger charge is -2.32. The van der Waals surface area contributed by atoms with E-state index >= 15 is 0 Å². The van der Waals surface area contributed by atoms with Crippen LogP contribution in [0.25, 0.3) is 0 Å². The molecule has 0 bridgehead atoms. The number of carbonyl (C=O) groups excluding carboxylic acids is 1. The molecule has 30 heavy (non-hydrogen) atoms. The number of ether oxygens (including phenoxy) is 1. The third kappa shape index (κ3) is 4.85. The Morgan fingerprint density at radius 3 is 2.87 bits per heavy atom. The predicted octanol–water partition coefficient (Wildman–Crippen LogP) is 4.02. The van der Waals surface area contributed by atoms with E-state index in [0.717, 1.165) is 60.6 Å². The molecule has 0 N–H and O–H groups in total. The average Bonchev–Trinajstić information content (AvgIpc) is 2.80. The van der Waals surface area contributed by atoms with E-state index in [9.17, 15) is 4.79 Å². The maximum absolute atomic E-state index is 12.8. The van der Waals surface area contributed by atoms with Crippen LogP contribution in [-0.4, -0.2) is 41.0 Å². The van der Waals surface area contributed by atoms with Crippen LogP contribution in [0.15, 0.2) is 67.0 Å². The number of hydrogen-bond donors (Lipinski definition) is 0. The molecular formula is C25H27N3O2. The second-order valence-electron chi connectivity index (χ2n) is 7.76. The van der Waals surface area contributed by atoms with Crippen molar-refractivity contribution in [2.24, 2.45) is 0 Å². The highest BCUT2D eigenvalue weighted by Gasteiger charge is 2.25. The average molecular weight is 402 g/mol. The summed E-state index contributed by atoms with van der Waals surface area (Å²) in [4.78, 5) is 23.8. The fraction of sp³-hybridized carbons (Fsp3) is 0.320. The predicted molar refractivity (Wildman–Crippen MR) is 117 cm³/mol. The van der Waals surface area contributed by atoms with Crippen molar-refractivity contribution in [3.63, 3.8) is 0 Å². The lowest BCUT2D eigenvalue weighted by atomic mass is 9.93. The Kier molecular flexibility index (Phi) is 6.38. The number of piperidine rings is 1. The van der Waals surface area contributed by atoms with Crippen molar-refractivity contribution >= 4 is 5.91 Å². The van der Waals surface area contributed by atoms with Crippen molar-refractivity contribution in [2.45, 2.75) is 31.6 Å². The van der Waals surface area contributed by atoms with Gasteiger partial charge in [0.25, 0.3) is 0 Å². The molecule has 5 nitrogen and oxygen atoms in total. The first-order valence-electron chi connectivity index (χ1n) is 10.5. The number of pyridine rings is 2. The van der Waals surface area contributed by atoms with E-state index < -0.39 is 0 Å². The molecule has 4 rings (SSSR count). The first kappa shape index (κ1) is 20.1. The first-order valence-corrected chi connectivity index (χ1v) is 10.5. The van der Waals surface area contributed by atoms with Gasteiger partial charge in [-0.15, -0.1) is 0 Å². The van der Waals surface area contributed by atoms with Gasteiger partial charge in [-0.25, -0.2) is 0 Å². The number of likely N-dealkylation sites (tertiary alicyclic amines) is 1. The van der Waals surface area contributed by atoms with Gasteiger partial charge in [-0.2, -0.15) is 0 Å². The number of rotatable bonds is 6. The number of aromatic nitrogens is 2. The molecule has 3 heterocycles. The molecule has 3 aromatic rings. The number of para-hydroxylation sites is 1. The monoisotopic (exact) mass is 401 g/mol. The summed E-state index contributed by atoms with van der Waals surface area (Å²) in [5.74, 6) is 1.32. The zero-order valence-corrected chi connectivity index (χ0v) is 17.3. The zero-order valence-electron chi connectivity index (χ0n) is 17.3. The molecule has 2 aromatic heterocycles. The maximum Gasteiger partial charge on any atom is 0.227 e. The largest absolute Gasteiger partial charge is 0.496 e. The Labute approximate surface area is 177 Å². The molecule has 1 saturated heterocycles. The van der Waals surface area contributed by atoms with E-state index in [1.165, 1.54) is 0 Å². The van der Waals surface area contributed by atoms with Crippen molar-refractivity contribution in [1.82, 2.24) is 14.9 Å². The van der Waals surface area contributed by atoms with Gasteiger partial charge in [0.1, 0.15) is 5.75 Å². The fourth-order valence-corrected chi connectivity index (χ4v) is 4.10. The van der Waals surface area contributed by atoms with E-state index in [1.54, 1.807) is 19.5 Å². The second kappa shape index (κ2) is 9.53. The topological polar surface area (TPSA) is 55.3 Å². The number of nitrogens with zero attached hydrogens (tertiary/aromatic N) is 3. The third-order valence-corrected chi connectivity index (χ3v) is 5.66. The van der Waals surface area contributed by atoms with Crippen LogP contribution in [0.4, 0.5) is 0 Å². The number of amides is 1. The molecule has 0 saturated carbocycles. The van der Waals surface area contributed by atoms with Gasteiger partial charge in [0.05, 0.1) is 13.5 Å². The van der Waals surface area contributed by atoms with E-state index in [1.807, 2.05) is 35.2 Å². The van der Waals surface area contributed by atoms with Crippen molar-refractivity contribution in [1.29, 1.82) is 0 Å². The highest BCUT2D eigenvalue weighted by Crippen LogP contribution is 2.27. The Hall–Kier alpha value is -3.21. The Balaban J connectivity index is 1.44. The number of carbonyl (C=O) groups is 1. The molecule has 0 aliphatic carbocycles. The van der Waals surface area contributed by atoms with Gasteiger partial charge in [-0.05, 0) is 42.7 Å². The highest BCUT2D eigenvalue weighted by molar-refractivity contribution is 5.78. The van der Waals surface area contributed by atoms with Crippen LogP contribution in [0.3, 0.4) is 0 Å². The molecule has 1 aliphatic heterocycles. The summed E-state index contributed by atoms with van der Waals surface area (Å²) in [5.41, 5.74) is 4.18. The molecule has 1 atom stereocenters. The van der Waals surface area contributed by atoms with Crippen molar-refractivity contribution < 1.29 is 9.53 Å². The van der Waals surface area contributed by atoms with E-state index in [0.29, 0.717) is 6.42 Å². The van der Waals surface area contributed by atoms with Gasteiger partial charge in [-0.1, -0.05) is 30.3 Å². The minimum atomic E-state index is 0.165. The van der Waals surface area contributed by atoms with Crippen molar-refractivity contribution in [2.75, 3.05) is 20.2 Å². The summed E-state index contributed by atoms with van der Waals surface area (Å²) in [6.45, 7) is 1.54. The van der Waals surface area contributed by atoms with Crippen LogP contribution >= 0.6 is 0 Å². The Morgan fingerprint density at radius 2 is 2.03 bits per heavy atom. The number of benzene rings is 1. The van der Waals surface area contributed by atoms with Crippen molar-refractivity contribution in [3.05, 3.63) is 89.5 Å². The summed E-state index contributed by atoms with van der Waals surface area (Å²) in [5, 5.41) is 0. The van der Waals surface area contributed by atoms with Crippen LogP contribution < -0.4 is 4.74 Å². The first-order chi connectivity index (χ1) is 14.7. The summed E-state index contributed by atoms with van der Waals surface area (Å²) >= 11 is 0. The second-order valence-corrected chi connectivity index (χ2v) is 7.76. The molecule has 0 radical (unpaired) electrons. The highest BCUT2D eigenvalue weighted by atomic mass is 16.5. The lowest BCUT2D eigenvalue weighted by Crippen LogP contribution is -2.40. The quantitative estimate of drug-likeness (QED) is 0.626. The van der Waals surface area contributed by atoms with E-state index in [4.69, 9.17) is 9.72 Å². The molecule has 154 valence electrons. The minimum absolute atomic E-state index is 0.165. The molecule has 5 heteroatoms. The van der Waals surface area contributed by atoms with Crippen LogP contribution in [0.2, 0.25) is 0 Å². The zero-order chi connectivity index (χ0) is 20.8. The number of hydrogen-bond acceptors (Lipinski definition) is 4. The number of methoxy groups -OCH3 is 1. The van der Waals surface area contributed by atoms with Crippen LogP contribution in [0.5, 0.6) is 5.75 Å². The lowest BCUT2D eigenvalue weighted by molar-refractivity contribution is -0.131.